The standard InChI is InChI=1S/C16H20ClN3O2/c1-20-8-2-3-13(10-20)18-16(21)15-9-14(19-22-15)11-4-6-12(17)7-5-11/h4-7,13,15H,2-3,8-10H2,1H3,(H,18,21)/t13-,15+/m1/s1. The molecule has 2 heterocycles. The monoisotopic (exact) mass is 321 g/mol. The molecule has 2 aliphatic rings. The molecule has 0 saturated carbocycles. The van der Waals surface area contributed by atoms with Gasteiger partial charge in [-0.25, -0.2) is 0 Å². The van der Waals surface area contributed by atoms with Crippen LogP contribution in [0.3, 0.4) is 0 Å². The fraction of sp³-hybridized carbons (Fsp3) is 0.500. The van der Waals surface area contributed by atoms with Crippen molar-refractivity contribution in [2.75, 3.05) is 20.1 Å². The Labute approximate surface area is 135 Å². The van der Waals surface area contributed by atoms with E-state index in [0.717, 1.165) is 37.2 Å². The first-order valence-corrected chi connectivity index (χ1v) is 7.97. The van der Waals surface area contributed by atoms with Gasteiger partial charge in [-0.15, -0.1) is 0 Å². The maximum absolute atomic E-state index is 12.3. The first-order chi connectivity index (χ1) is 10.6. The molecule has 0 aliphatic carbocycles. The Morgan fingerprint density at radius 1 is 1.41 bits per heavy atom. The Hall–Kier alpha value is -1.59. The fourth-order valence-corrected chi connectivity index (χ4v) is 3.04. The van der Waals surface area contributed by atoms with Gasteiger partial charge in [-0.3, -0.25) is 4.79 Å². The Balaban J connectivity index is 1.54. The highest BCUT2D eigenvalue weighted by Gasteiger charge is 2.31. The van der Waals surface area contributed by atoms with E-state index < -0.39 is 6.10 Å². The summed E-state index contributed by atoms with van der Waals surface area (Å²) in [4.78, 5) is 19.8. The van der Waals surface area contributed by atoms with Gasteiger partial charge in [0.1, 0.15) is 0 Å². The van der Waals surface area contributed by atoms with Gasteiger partial charge < -0.3 is 15.1 Å². The SMILES string of the molecule is CN1CCC[C@@H](NC(=O)[C@@H]2CC(c3ccc(Cl)cc3)=NO2)C1. The molecule has 3 rings (SSSR count). The van der Waals surface area contributed by atoms with E-state index in [1.54, 1.807) is 0 Å². The third kappa shape index (κ3) is 3.59. The van der Waals surface area contributed by atoms with Crippen molar-refractivity contribution in [3.05, 3.63) is 34.9 Å². The second kappa shape index (κ2) is 6.67. The van der Waals surface area contributed by atoms with Crippen LogP contribution >= 0.6 is 11.6 Å². The number of rotatable bonds is 3. The number of likely N-dealkylation sites (N-methyl/N-ethyl adjacent to an activating group) is 1. The molecule has 0 spiro atoms. The molecule has 0 unspecified atom stereocenters. The highest BCUT2D eigenvalue weighted by Crippen LogP contribution is 2.19. The van der Waals surface area contributed by atoms with Crippen LogP contribution in [-0.2, 0) is 9.63 Å². The maximum Gasteiger partial charge on any atom is 0.264 e. The minimum atomic E-state index is -0.530. The second-order valence-electron chi connectivity index (χ2n) is 5.95. The van der Waals surface area contributed by atoms with Crippen molar-refractivity contribution in [3.63, 3.8) is 0 Å². The number of likely N-dealkylation sites (tertiary alicyclic amines) is 1. The van der Waals surface area contributed by atoms with Gasteiger partial charge in [-0.1, -0.05) is 28.9 Å². The van der Waals surface area contributed by atoms with E-state index in [1.807, 2.05) is 24.3 Å². The molecule has 1 saturated heterocycles. The Morgan fingerprint density at radius 2 is 2.18 bits per heavy atom. The van der Waals surface area contributed by atoms with Crippen molar-refractivity contribution in [2.24, 2.45) is 5.16 Å². The van der Waals surface area contributed by atoms with Crippen molar-refractivity contribution in [3.8, 4) is 0 Å². The highest BCUT2D eigenvalue weighted by molar-refractivity contribution is 6.30. The summed E-state index contributed by atoms with van der Waals surface area (Å²) in [5, 5.41) is 7.80. The van der Waals surface area contributed by atoms with Crippen LogP contribution in [0.2, 0.25) is 5.02 Å². The summed E-state index contributed by atoms with van der Waals surface area (Å²) in [6.07, 6.45) is 2.10. The first-order valence-electron chi connectivity index (χ1n) is 7.59. The molecule has 22 heavy (non-hydrogen) atoms. The third-order valence-corrected chi connectivity index (χ3v) is 4.36. The average Bonchev–Trinajstić information content (AvgIpc) is 2.98. The van der Waals surface area contributed by atoms with Gasteiger partial charge in [0.05, 0.1) is 5.71 Å². The number of nitrogens with zero attached hydrogens (tertiary/aromatic N) is 2. The minimum absolute atomic E-state index is 0.0759. The summed E-state index contributed by atoms with van der Waals surface area (Å²) in [6.45, 7) is 1.99. The summed E-state index contributed by atoms with van der Waals surface area (Å²) in [5.74, 6) is -0.0759. The third-order valence-electron chi connectivity index (χ3n) is 4.11. The van der Waals surface area contributed by atoms with Crippen molar-refractivity contribution < 1.29 is 9.63 Å². The number of carbonyl (C=O) groups excluding carboxylic acids is 1. The molecule has 6 heteroatoms. The molecule has 0 aromatic heterocycles. The van der Waals surface area contributed by atoms with E-state index >= 15 is 0 Å². The summed E-state index contributed by atoms with van der Waals surface area (Å²) >= 11 is 5.88. The molecular weight excluding hydrogens is 302 g/mol. The molecule has 1 fully saturated rings. The van der Waals surface area contributed by atoms with E-state index in [4.69, 9.17) is 16.4 Å². The van der Waals surface area contributed by atoms with Gasteiger partial charge in [0, 0.05) is 24.0 Å². The Bertz CT molecular complexity index is 573. The summed E-state index contributed by atoms with van der Waals surface area (Å²) in [5.41, 5.74) is 1.73. The Morgan fingerprint density at radius 3 is 2.91 bits per heavy atom. The summed E-state index contributed by atoms with van der Waals surface area (Å²) < 4.78 is 0. The second-order valence-corrected chi connectivity index (χ2v) is 6.39. The van der Waals surface area contributed by atoms with Gasteiger partial charge in [-0.05, 0) is 44.1 Å². The number of hydrogen-bond donors (Lipinski definition) is 1. The summed E-state index contributed by atoms with van der Waals surface area (Å²) in [7, 11) is 2.08. The number of benzene rings is 1. The fourth-order valence-electron chi connectivity index (χ4n) is 2.91. The van der Waals surface area contributed by atoms with Gasteiger partial charge in [-0.2, -0.15) is 0 Å². The van der Waals surface area contributed by atoms with E-state index in [2.05, 4.69) is 22.4 Å². The van der Waals surface area contributed by atoms with Crippen molar-refractivity contribution >= 4 is 23.2 Å². The van der Waals surface area contributed by atoms with Gasteiger partial charge in [0.15, 0.2) is 0 Å². The zero-order valence-corrected chi connectivity index (χ0v) is 13.3. The van der Waals surface area contributed by atoms with Crippen LogP contribution < -0.4 is 5.32 Å². The predicted octanol–water partition coefficient (Wildman–Crippen LogP) is 2.04. The van der Waals surface area contributed by atoms with Gasteiger partial charge in [0.2, 0.25) is 6.10 Å². The molecule has 2 atom stereocenters. The van der Waals surface area contributed by atoms with Crippen molar-refractivity contribution in [2.45, 2.75) is 31.4 Å². The van der Waals surface area contributed by atoms with E-state index in [-0.39, 0.29) is 11.9 Å². The van der Waals surface area contributed by atoms with Crippen LogP contribution in [0.5, 0.6) is 0 Å². The lowest BCUT2D eigenvalue weighted by Gasteiger charge is -2.30. The van der Waals surface area contributed by atoms with E-state index in [9.17, 15) is 4.79 Å². The molecular formula is C16H20ClN3O2. The maximum atomic E-state index is 12.3. The summed E-state index contributed by atoms with van der Waals surface area (Å²) in [6, 6.07) is 7.60. The molecule has 1 amide bonds. The van der Waals surface area contributed by atoms with E-state index in [1.165, 1.54) is 0 Å². The number of halogens is 1. The quantitative estimate of drug-likeness (QED) is 0.927. The number of carbonyl (C=O) groups is 1. The zero-order chi connectivity index (χ0) is 15.5. The Kier molecular flexibility index (Phi) is 4.64. The average molecular weight is 322 g/mol. The number of piperidine rings is 1. The zero-order valence-electron chi connectivity index (χ0n) is 12.6. The van der Waals surface area contributed by atoms with Crippen molar-refractivity contribution in [1.29, 1.82) is 0 Å². The van der Waals surface area contributed by atoms with Crippen LogP contribution in [0.25, 0.3) is 0 Å². The predicted molar refractivity (Wildman–Crippen MR) is 86.1 cm³/mol. The molecule has 118 valence electrons. The topological polar surface area (TPSA) is 53.9 Å². The number of nitrogens with one attached hydrogen (secondary N) is 1. The smallest absolute Gasteiger partial charge is 0.264 e. The lowest BCUT2D eigenvalue weighted by molar-refractivity contribution is -0.132. The first kappa shape index (κ1) is 15.3. The highest BCUT2D eigenvalue weighted by atomic mass is 35.5. The lowest BCUT2D eigenvalue weighted by Crippen LogP contribution is -2.49. The number of hydrogen-bond acceptors (Lipinski definition) is 4. The lowest BCUT2D eigenvalue weighted by atomic mass is 10.0. The van der Waals surface area contributed by atoms with Crippen LogP contribution in [-0.4, -0.2) is 48.8 Å². The number of oxime groups is 1. The van der Waals surface area contributed by atoms with Crippen LogP contribution in [0, 0.1) is 0 Å². The molecule has 0 bridgehead atoms. The van der Waals surface area contributed by atoms with Crippen LogP contribution in [0.4, 0.5) is 0 Å². The van der Waals surface area contributed by atoms with Gasteiger partial charge >= 0.3 is 0 Å². The van der Waals surface area contributed by atoms with Crippen molar-refractivity contribution in [1.82, 2.24) is 10.2 Å². The van der Waals surface area contributed by atoms with Gasteiger partial charge in [0.25, 0.3) is 5.91 Å². The molecule has 1 aromatic rings. The molecule has 5 nitrogen and oxygen atoms in total. The number of amides is 1. The van der Waals surface area contributed by atoms with Crippen LogP contribution in [0.1, 0.15) is 24.8 Å². The normalized spacial score (nSPS) is 25.5. The molecule has 1 aromatic carbocycles. The molecule has 2 aliphatic heterocycles. The minimum Gasteiger partial charge on any atom is -0.382 e. The molecule has 0 radical (unpaired) electrons. The largest absolute Gasteiger partial charge is 0.382 e. The van der Waals surface area contributed by atoms with Crippen LogP contribution in [0.15, 0.2) is 29.4 Å². The molecule has 1 N–H and O–H groups in total. The van der Waals surface area contributed by atoms with E-state index in [0.29, 0.717) is 11.4 Å².